The van der Waals surface area contributed by atoms with Crippen LogP contribution in [0.25, 0.3) is 11.0 Å². The second-order valence-corrected chi connectivity index (χ2v) is 8.28. The Balaban J connectivity index is 1.85. The Labute approximate surface area is 187 Å². The van der Waals surface area contributed by atoms with Crippen LogP contribution in [0, 0.1) is 5.82 Å². The summed E-state index contributed by atoms with van der Waals surface area (Å²) in [7, 11) is 1.65. The van der Waals surface area contributed by atoms with E-state index in [1.807, 2.05) is 0 Å². The lowest BCUT2D eigenvalue weighted by Gasteiger charge is -2.33. The Morgan fingerprint density at radius 1 is 1.32 bits per heavy atom. The maximum absolute atomic E-state index is 15.0. The van der Waals surface area contributed by atoms with Gasteiger partial charge in [0, 0.05) is 31.4 Å². The van der Waals surface area contributed by atoms with Gasteiger partial charge in [0.25, 0.3) is 5.56 Å². The van der Waals surface area contributed by atoms with Crippen LogP contribution in [-0.2, 0) is 17.4 Å². The van der Waals surface area contributed by atoms with E-state index < -0.39 is 11.4 Å². The Morgan fingerprint density at radius 2 is 2.10 bits per heavy atom. The first kappa shape index (κ1) is 21.3. The number of carbonyl (C=O) groups is 1. The molecule has 1 atom stereocenters. The predicted octanol–water partition coefficient (Wildman–Crippen LogP) is 4.11. The number of anilines is 1. The highest BCUT2D eigenvalue weighted by molar-refractivity contribution is 6.42. The number of hydrogen-bond donors (Lipinski definition) is 1. The molecule has 0 saturated carbocycles. The smallest absolute Gasteiger partial charge is 0.269 e. The van der Waals surface area contributed by atoms with Crippen LogP contribution in [0.3, 0.4) is 0 Å². The van der Waals surface area contributed by atoms with Crippen molar-refractivity contribution < 1.29 is 9.18 Å². The van der Waals surface area contributed by atoms with Crippen LogP contribution in [0.4, 0.5) is 10.1 Å². The molecule has 1 amide bonds. The van der Waals surface area contributed by atoms with Crippen LogP contribution in [0.2, 0.25) is 10.0 Å². The lowest BCUT2D eigenvalue weighted by Crippen LogP contribution is -2.41. The van der Waals surface area contributed by atoms with Gasteiger partial charge in [0.1, 0.15) is 5.82 Å². The molecule has 1 aromatic heterocycles. The normalized spacial score (nSPS) is 18.4. The fourth-order valence-electron chi connectivity index (χ4n) is 4.05. The number of likely N-dealkylation sites (tertiary alicyclic amines) is 1. The standard InChI is InChI=1S/C22H19Cl2FN4O2/c1-3-18(30)29-9-8-22(12-29,20-15(25)6-5-14(23)21(20)24)27-13-4-7-16-17(10-13)28(2)19(31)11-26-16/h3-7,10-11,27H,1,8-9,12H2,2H3/t22-/m0/s1. The summed E-state index contributed by atoms with van der Waals surface area (Å²) in [5.41, 5.74) is 0.803. The van der Waals surface area contributed by atoms with Gasteiger partial charge in [-0.15, -0.1) is 0 Å². The molecule has 1 aliphatic heterocycles. The number of amides is 1. The van der Waals surface area contributed by atoms with Crippen molar-refractivity contribution in [1.29, 1.82) is 0 Å². The molecule has 1 N–H and O–H groups in total. The molecule has 6 nitrogen and oxygen atoms in total. The molecule has 160 valence electrons. The number of benzene rings is 2. The summed E-state index contributed by atoms with van der Waals surface area (Å²) in [6, 6.07) is 7.98. The third kappa shape index (κ3) is 3.68. The van der Waals surface area contributed by atoms with Crippen molar-refractivity contribution >= 4 is 45.8 Å². The van der Waals surface area contributed by atoms with Crippen LogP contribution in [0.5, 0.6) is 0 Å². The van der Waals surface area contributed by atoms with Crippen molar-refractivity contribution in [2.75, 3.05) is 18.4 Å². The summed E-state index contributed by atoms with van der Waals surface area (Å²) in [5.74, 6) is -0.781. The first-order valence-corrected chi connectivity index (χ1v) is 10.3. The molecule has 9 heteroatoms. The van der Waals surface area contributed by atoms with E-state index in [2.05, 4.69) is 16.9 Å². The number of rotatable bonds is 4. The van der Waals surface area contributed by atoms with Gasteiger partial charge in [-0.1, -0.05) is 29.8 Å². The maximum Gasteiger partial charge on any atom is 0.269 e. The topological polar surface area (TPSA) is 67.2 Å². The lowest BCUT2D eigenvalue weighted by atomic mass is 9.87. The molecule has 2 aromatic carbocycles. The van der Waals surface area contributed by atoms with Gasteiger partial charge in [-0.2, -0.15) is 0 Å². The SMILES string of the molecule is C=CC(=O)N1CC[C@@](Nc2ccc3ncc(=O)n(C)c3c2)(c2c(F)ccc(Cl)c2Cl)C1. The van der Waals surface area contributed by atoms with Crippen molar-refractivity contribution in [1.82, 2.24) is 14.5 Å². The van der Waals surface area contributed by atoms with Crippen molar-refractivity contribution in [3.05, 3.63) is 81.0 Å². The lowest BCUT2D eigenvalue weighted by molar-refractivity contribution is -0.125. The van der Waals surface area contributed by atoms with Gasteiger partial charge in [-0.3, -0.25) is 9.59 Å². The number of fused-ring (bicyclic) bond motifs is 1. The Morgan fingerprint density at radius 3 is 2.84 bits per heavy atom. The molecule has 1 aliphatic rings. The fourth-order valence-corrected chi connectivity index (χ4v) is 4.54. The van der Waals surface area contributed by atoms with E-state index in [9.17, 15) is 9.59 Å². The van der Waals surface area contributed by atoms with Crippen molar-refractivity contribution in [2.24, 2.45) is 7.05 Å². The van der Waals surface area contributed by atoms with Gasteiger partial charge in [0.15, 0.2) is 0 Å². The number of aryl methyl sites for hydroxylation is 1. The van der Waals surface area contributed by atoms with E-state index in [1.165, 1.54) is 29.0 Å². The summed E-state index contributed by atoms with van der Waals surface area (Å²) in [6.07, 6.45) is 2.88. The quantitative estimate of drug-likeness (QED) is 0.469. The van der Waals surface area contributed by atoms with E-state index in [-0.39, 0.29) is 33.6 Å². The van der Waals surface area contributed by atoms with E-state index >= 15 is 4.39 Å². The highest BCUT2D eigenvalue weighted by atomic mass is 35.5. The minimum atomic E-state index is -1.03. The summed E-state index contributed by atoms with van der Waals surface area (Å²) in [5, 5.41) is 3.69. The molecular formula is C22H19Cl2FN4O2. The van der Waals surface area contributed by atoms with Crippen LogP contribution in [0.1, 0.15) is 12.0 Å². The Hall–Kier alpha value is -2.90. The summed E-state index contributed by atoms with van der Waals surface area (Å²) in [6.45, 7) is 4.09. The Kier molecular flexibility index (Phi) is 5.49. The Bertz CT molecular complexity index is 1280. The zero-order chi connectivity index (χ0) is 22.3. The minimum absolute atomic E-state index is 0.0944. The van der Waals surface area contributed by atoms with Gasteiger partial charge in [0.2, 0.25) is 5.91 Å². The van der Waals surface area contributed by atoms with Gasteiger partial charge in [-0.25, -0.2) is 9.37 Å². The zero-order valence-corrected chi connectivity index (χ0v) is 18.2. The summed E-state index contributed by atoms with van der Waals surface area (Å²) in [4.78, 5) is 30.0. The number of carbonyl (C=O) groups excluding carboxylic acids is 1. The molecule has 1 fully saturated rings. The van der Waals surface area contributed by atoms with E-state index in [0.29, 0.717) is 29.7 Å². The highest BCUT2D eigenvalue weighted by Gasteiger charge is 2.44. The predicted molar refractivity (Wildman–Crippen MR) is 120 cm³/mol. The third-order valence-electron chi connectivity index (χ3n) is 5.64. The van der Waals surface area contributed by atoms with Gasteiger partial charge >= 0.3 is 0 Å². The van der Waals surface area contributed by atoms with Crippen LogP contribution in [0.15, 0.2) is 54.0 Å². The fraction of sp³-hybridized carbons (Fsp3) is 0.227. The minimum Gasteiger partial charge on any atom is -0.373 e. The van der Waals surface area contributed by atoms with Crippen molar-refractivity contribution in [3.63, 3.8) is 0 Å². The van der Waals surface area contributed by atoms with Gasteiger partial charge < -0.3 is 14.8 Å². The molecular weight excluding hydrogens is 442 g/mol. The van der Waals surface area contributed by atoms with Crippen LogP contribution < -0.4 is 10.9 Å². The molecule has 3 aromatic rings. The largest absolute Gasteiger partial charge is 0.373 e. The van der Waals surface area contributed by atoms with E-state index in [4.69, 9.17) is 23.2 Å². The molecule has 4 rings (SSSR count). The van der Waals surface area contributed by atoms with Gasteiger partial charge in [0.05, 0.1) is 32.8 Å². The molecule has 0 spiro atoms. The average Bonchev–Trinajstić information content (AvgIpc) is 3.18. The maximum atomic E-state index is 15.0. The second-order valence-electron chi connectivity index (χ2n) is 7.50. The average molecular weight is 461 g/mol. The number of hydrogen-bond acceptors (Lipinski definition) is 4. The summed E-state index contributed by atoms with van der Waals surface area (Å²) < 4.78 is 16.5. The zero-order valence-electron chi connectivity index (χ0n) is 16.7. The molecule has 0 bridgehead atoms. The first-order valence-electron chi connectivity index (χ1n) is 9.55. The molecule has 0 radical (unpaired) electrons. The third-order valence-corrected chi connectivity index (χ3v) is 6.45. The second kappa shape index (κ2) is 7.98. The molecule has 1 saturated heterocycles. The molecule has 0 unspecified atom stereocenters. The van der Waals surface area contributed by atoms with Crippen LogP contribution >= 0.6 is 23.2 Å². The first-order chi connectivity index (χ1) is 14.8. The van der Waals surface area contributed by atoms with Crippen molar-refractivity contribution in [2.45, 2.75) is 12.0 Å². The molecule has 31 heavy (non-hydrogen) atoms. The monoisotopic (exact) mass is 460 g/mol. The molecule has 0 aliphatic carbocycles. The van der Waals surface area contributed by atoms with E-state index in [1.54, 1.807) is 30.1 Å². The summed E-state index contributed by atoms with van der Waals surface area (Å²) >= 11 is 12.6. The van der Waals surface area contributed by atoms with Crippen molar-refractivity contribution in [3.8, 4) is 0 Å². The van der Waals surface area contributed by atoms with Gasteiger partial charge in [-0.05, 0) is 42.8 Å². The molecule has 2 heterocycles. The number of aromatic nitrogens is 2. The van der Waals surface area contributed by atoms with Crippen LogP contribution in [-0.4, -0.2) is 33.4 Å². The van der Waals surface area contributed by atoms with E-state index in [0.717, 1.165) is 0 Å². The number of nitrogens with zero attached hydrogens (tertiary/aromatic N) is 3. The highest BCUT2D eigenvalue weighted by Crippen LogP contribution is 2.43. The number of halogens is 3. The number of nitrogens with one attached hydrogen (secondary N) is 1.